The van der Waals surface area contributed by atoms with Gasteiger partial charge < -0.3 is 10.6 Å². The number of aryl methyl sites for hydroxylation is 1. The molecule has 0 amide bonds. The second-order valence-corrected chi connectivity index (χ2v) is 11.1. The molecule has 194 valence electrons. The number of rotatable bonds is 4. The number of hydrogen-bond acceptors (Lipinski definition) is 6. The number of likely N-dealkylation sites (tertiary alicyclic amines) is 1. The van der Waals surface area contributed by atoms with Gasteiger partial charge in [0.2, 0.25) is 10.0 Å². The number of hydrogen-bond donors (Lipinski definition) is 2. The molecule has 0 radical (unpaired) electrons. The van der Waals surface area contributed by atoms with Gasteiger partial charge in [-0.3, -0.25) is 4.72 Å². The van der Waals surface area contributed by atoms with Crippen molar-refractivity contribution >= 4 is 21.5 Å². The van der Waals surface area contributed by atoms with E-state index in [0.717, 1.165) is 24.4 Å². The molecule has 11 heteroatoms. The summed E-state index contributed by atoms with van der Waals surface area (Å²) in [6, 6.07) is 5.17. The van der Waals surface area contributed by atoms with Crippen LogP contribution in [0, 0.1) is 6.92 Å². The van der Waals surface area contributed by atoms with Crippen LogP contribution in [0.25, 0.3) is 11.3 Å². The SMILES string of the molecule is C1CCC(N2CCCCC2)CC1.Cc1cc(N)nnc1-c1ccc(C(F)(F)F)cc1NS(C)(=O)=O. The number of halogens is 3. The zero-order valence-corrected chi connectivity index (χ0v) is 21.1. The lowest BCUT2D eigenvalue weighted by Gasteiger charge is -2.36. The van der Waals surface area contributed by atoms with Crippen molar-refractivity contribution in [2.75, 3.05) is 29.8 Å². The summed E-state index contributed by atoms with van der Waals surface area (Å²) in [6.45, 7) is 4.43. The molecular formula is C24H34F3N5O2S. The van der Waals surface area contributed by atoms with Crippen LogP contribution in [0.4, 0.5) is 24.7 Å². The Kier molecular flexibility index (Phi) is 8.98. The van der Waals surface area contributed by atoms with E-state index >= 15 is 0 Å². The van der Waals surface area contributed by atoms with E-state index in [1.807, 2.05) is 0 Å². The van der Waals surface area contributed by atoms with Crippen LogP contribution in [0.3, 0.4) is 0 Å². The first-order valence-electron chi connectivity index (χ1n) is 12.0. The van der Waals surface area contributed by atoms with Gasteiger partial charge in [0.15, 0.2) is 0 Å². The lowest BCUT2D eigenvalue weighted by Crippen LogP contribution is -2.40. The summed E-state index contributed by atoms with van der Waals surface area (Å²) in [4.78, 5) is 2.75. The number of alkyl halides is 3. The van der Waals surface area contributed by atoms with E-state index in [2.05, 4.69) is 19.8 Å². The Labute approximate surface area is 205 Å². The van der Waals surface area contributed by atoms with Gasteiger partial charge in [0.05, 0.1) is 23.2 Å². The fourth-order valence-electron chi connectivity index (χ4n) is 4.71. The first kappa shape index (κ1) is 27.2. The molecule has 2 heterocycles. The molecule has 0 bridgehead atoms. The Morgan fingerprint density at radius 3 is 2.20 bits per heavy atom. The van der Waals surface area contributed by atoms with Crippen molar-refractivity contribution in [1.29, 1.82) is 0 Å². The van der Waals surface area contributed by atoms with Gasteiger partial charge in [-0.25, -0.2) is 8.42 Å². The monoisotopic (exact) mass is 513 g/mol. The van der Waals surface area contributed by atoms with Crippen molar-refractivity contribution < 1.29 is 21.6 Å². The predicted molar refractivity (Wildman–Crippen MR) is 132 cm³/mol. The highest BCUT2D eigenvalue weighted by molar-refractivity contribution is 7.92. The predicted octanol–water partition coefficient (Wildman–Crippen LogP) is 5.23. The zero-order valence-electron chi connectivity index (χ0n) is 20.2. The first-order valence-corrected chi connectivity index (χ1v) is 13.9. The second kappa shape index (κ2) is 11.6. The molecule has 1 aromatic heterocycles. The zero-order chi connectivity index (χ0) is 25.6. The quantitative estimate of drug-likeness (QED) is 0.581. The highest BCUT2D eigenvalue weighted by Crippen LogP contribution is 2.36. The van der Waals surface area contributed by atoms with Gasteiger partial charge >= 0.3 is 6.18 Å². The number of nitrogens with two attached hydrogens (primary N) is 1. The normalized spacial score (nSPS) is 18.0. The maximum atomic E-state index is 12.8. The number of piperidine rings is 1. The standard InChI is InChI=1S/C13H13F3N4O2S.C11H21N/c1-7-5-11(17)18-19-12(7)9-4-3-8(13(14,15)16)6-10(9)20-23(2,21)22;1-3-7-11(8-4-1)12-9-5-2-6-10-12/h3-6,20H,1-2H3,(H2,17,18);11H,1-10H2. The third kappa shape index (κ3) is 8.06. The number of aromatic nitrogens is 2. The molecule has 1 aromatic carbocycles. The van der Waals surface area contributed by atoms with Crippen LogP contribution in [0.5, 0.6) is 0 Å². The summed E-state index contributed by atoms with van der Waals surface area (Å²) >= 11 is 0. The Balaban J connectivity index is 0.000000237. The molecule has 2 aliphatic rings. The second-order valence-electron chi connectivity index (χ2n) is 9.32. The van der Waals surface area contributed by atoms with Crippen LogP contribution < -0.4 is 10.5 Å². The number of nitrogens with zero attached hydrogens (tertiary/aromatic N) is 3. The molecule has 1 aliphatic heterocycles. The minimum Gasteiger partial charge on any atom is -0.382 e. The molecule has 1 saturated heterocycles. The molecule has 35 heavy (non-hydrogen) atoms. The summed E-state index contributed by atoms with van der Waals surface area (Å²) in [5.74, 6) is 0.149. The third-order valence-corrected chi connectivity index (χ3v) is 6.97. The van der Waals surface area contributed by atoms with Crippen LogP contribution in [0.1, 0.15) is 62.5 Å². The number of nitrogens with one attached hydrogen (secondary N) is 1. The fourth-order valence-corrected chi connectivity index (χ4v) is 5.28. The van der Waals surface area contributed by atoms with Crippen LogP contribution >= 0.6 is 0 Å². The molecule has 4 rings (SSSR count). The molecule has 1 aliphatic carbocycles. The summed E-state index contributed by atoms with van der Waals surface area (Å²) in [7, 11) is -3.78. The highest BCUT2D eigenvalue weighted by atomic mass is 32.2. The minimum atomic E-state index is -4.60. The molecule has 1 saturated carbocycles. The minimum absolute atomic E-state index is 0.149. The van der Waals surface area contributed by atoms with Crippen molar-refractivity contribution in [3.63, 3.8) is 0 Å². The van der Waals surface area contributed by atoms with E-state index in [-0.39, 0.29) is 22.8 Å². The smallest absolute Gasteiger partial charge is 0.382 e. The van der Waals surface area contributed by atoms with E-state index in [1.54, 1.807) is 6.92 Å². The lowest BCUT2D eigenvalue weighted by atomic mass is 9.93. The Morgan fingerprint density at radius 1 is 1.00 bits per heavy atom. The average molecular weight is 514 g/mol. The Morgan fingerprint density at radius 2 is 1.63 bits per heavy atom. The van der Waals surface area contributed by atoms with Gasteiger partial charge in [-0.2, -0.15) is 13.2 Å². The third-order valence-electron chi connectivity index (χ3n) is 6.38. The number of sulfonamides is 1. The number of nitrogen functional groups attached to an aromatic ring is 1. The molecule has 2 aromatic rings. The van der Waals surface area contributed by atoms with Gasteiger partial charge in [0.1, 0.15) is 5.82 Å². The van der Waals surface area contributed by atoms with Gasteiger partial charge in [-0.05, 0) is 69.5 Å². The van der Waals surface area contributed by atoms with Crippen molar-refractivity contribution in [2.45, 2.75) is 70.5 Å². The summed E-state index contributed by atoms with van der Waals surface area (Å²) in [5, 5.41) is 7.49. The van der Waals surface area contributed by atoms with Crippen molar-refractivity contribution in [2.24, 2.45) is 0 Å². The van der Waals surface area contributed by atoms with Gasteiger partial charge in [-0.15, -0.1) is 10.2 Å². The Hall–Kier alpha value is -2.40. The molecule has 2 fully saturated rings. The van der Waals surface area contributed by atoms with Gasteiger partial charge in [-0.1, -0.05) is 31.7 Å². The van der Waals surface area contributed by atoms with Gasteiger partial charge in [0, 0.05) is 11.6 Å². The first-order chi connectivity index (χ1) is 16.4. The summed E-state index contributed by atoms with van der Waals surface area (Å²) < 4.78 is 63.5. The topological polar surface area (TPSA) is 101 Å². The summed E-state index contributed by atoms with van der Waals surface area (Å²) in [5.41, 5.74) is 5.24. The molecular weight excluding hydrogens is 479 g/mol. The lowest BCUT2D eigenvalue weighted by molar-refractivity contribution is -0.137. The van der Waals surface area contributed by atoms with Crippen molar-refractivity contribution in [3.8, 4) is 11.3 Å². The molecule has 0 spiro atoms. The molecule has 3 N–H and O–H groups in total. The number of benzene rings is 1. The Bertz CT molecular complexity index is 1080. The van der Waals surface area contributed by atoms with Crippen molar-refractivity contribution in [1.82, 2.24) is 15.1 Å². The van der Waals surface area contributed by atoms with E-state index < -0.39 is 21.8 Å². The van der Waals surface area contributed by atoms with Gasteiger partial charge in [0.25, 0.3) is 0 Å². The fraction of sp³-hybridized carbons (Fsp3) is 0.583. The maximum Gasteiger partial charge on any atom is 0.416 e. The largest absolute Gasteiger partial charge is 0.416 e. The van der Waals surface area contributed by atoms with Crippen LogP contribution in [-0.2, 0) is 16.2 Å². The van der Waals surface area contributed by atoms with Crippen LogP contribution in [0.15, 0.2) is 24.3 Å². The van der Waals surface area contributed by atoms with E-state index in [0.29, 0.717) is 11.6 Å². The van der Waals surface area contributed by atoms with E-state index in [9.17, 15) is 21.6 Å². The average Bonchev–Trinajstić information content (AvgIpc) is 2.79. The van der Waals surface area contributed by atoms with Crippen LogP contribution in [0.2, 0.25) is 0 Å². The maximum absolute atomic E-state index is 12.8. The molecule has 0 unspecified atom stereocenters. The van der Waals surface area contributed by atoms with Crippen molar-refractivity contribution in [3.05, 3.63) is 35.4 Å². The number of anilines is 2. The van der Waals surface area contributed by atoms with E-state index in [4.69, 9.17) is 5.73 Å². The van der Waals surface area contributed by atoms with Crippen LogP contribution in [-0.4, -0.2) is 48.9 Å². The molecule has 0 atom stereocenters. The molecule has 7 nitrogen and oxygen atoms in total. The van der Waals surface area contributed by atoms with E-state index in [1.165, 1.54) is 70.5 Å². The highest BCUT2D eigenvalue weighted by Gasteiger charge is 2.31. The summed E-state index contributed by atoms with van der Waals surface area (Å²) in [6.07, 6.45) is 8.07.